The first-order chi connectivity index (χ1) is 12.0. The summed E-state index contributed by atoms with van der Waals surface area (Å²) < 4.78 is 27.4. The number of benzene rings is 2. The van der Waals surface area contributed by atoms with Crippen molar-refractivity contribution in [1.29, 1.82) is 0 Å². The van der Waals surface area contributed by atoms with Crippen molar-refractivity contribution < 1.29 is 8.42 Å². The predicted octanol–water partition coefficient (Wildman–Crippen LogP) is 3.63. The molecule has 132 valence electrons. The van der Waals surface area contributed by atoms with Crippen LogP contribution in [0.15, 0.2) is 60.0 Å². The van der Waals surface area contributed by atoms with Gasteiger partial charge in [0.1, 0.15) is 0 Å². The van der Waals surface area contributed by atoms with E-state index in [-0.39, 0.29) is 6.04 Å². The van der Waals surface area contributed by atoms with E-state index < -0.39 is 10.0 Å². The van der Waals surface area contributed by atoms with Crippen LogP contribution < -0.4 is 0 Å². The highest BCUT2D eigenvalue weighted by atomic mass is 35.5. The Labute approximate surface area is 154 Å². The summed E-state index contributed by atoms with van der Waals surface area (Å²) in [4.78, 5) is 2.16. The number of hydrogen-bond acceptors (Lipinski definition) is 3. The summed E-state index contributed by atoms with van der Waals surface area (Å²) >= 11 is 5.87. The maximum Gasteiger partial charge on any atom is 0.236 e. The van der Waals surface area contributed by atoms with Crippen LogP contribution in [0, 0.1) is 0 Å². The highest BCUT2D eigenvalue weighted by Gasteiger charge is 2.33. The molecule has 1 fully saturated rings. The minimum atomic E-state index is -3.52. The molecule has 1 atom stereocenters. The number of sulfonamides is 1. The van der Waals surface area contributed by atoms with Crippen molar-refractivity contribution in [2.75, 3.05) is 26.7 Å². The molecule has 6 heteroatoms. The molecule has 0 aromatic heterocycles. The SMILES string of the molecule is CN1CCN(S(=O)(=O)/C=C/c2ccc(Cl)cc2)C(c2ccccc2)C1. The highest BCUT2D eigenvalue weighted by Crippen LogP contribution is 2.28. The molecule has 2 aromatic carbocycles. The number of piperazine rings is 1. The normalized spacial score (nSPS) is 20.2. The molecule has 0 spiro atoms. The van der Waals surface area contributed by atoms with E-state index in [1.54, 1.807) is 34.6 Å². The van der Waals surface area contributed by atoms with Crippen LogP contribution >= 0.6 is 11.6 Å². The van der Waals surface area contributed by atoms with Gasteiger partial charge in [0, 0.05) is 30.1 Å². The first-order valence-electron chi connectivity index (χ1n) is 8.15. The molecule has 1 aliphatic heterocycles. The Hall–Kier alpha value is -1.66. The van der Waals surface area contributed by atoms with Crippen LogP contribution in [0.2, 0.25) is 5.02 Å². The van der Waals surface area contributed by atoms with Gasteiger partial charge in [-0.3, -0.25) is 0 Å². The second kappa shape index (κ2) is 7.70. The van der Waals surface area contributed by atoms with Gasteiger partial charge in [-0.25, -0.2) is 8.42 Å². The smallest absolute Gasteiger partial charge is 0.236 e. The fourth-order valence-electron chi connectivity index (χ4n) is 2.97. The third-order valence-electron chi connectivity index (χ3n) is 4.35. The van der Waals surface area contributed by atoms with E-state index in [4.69, 9.17) is 11.6 Å². The Morgan fingerprint density at radius 2 is 1.72 bits per heavy atom. The summed E-state index contributed by atoms with van der Waals surface area (Å²) in [5, 5.41) is 1.92. The Kier molecular flexibility index (Phi) is 5.59. The van der Waals surface area contributed by atoms with Crippen LogP contribution in [0.3, 0.4) is 0 Å². The number of nitrogens with zero attached hydrogens (tertiary/aromatic N) is 2. The van der Waals surface area contributed by atoms with Crippen molar-refractivity contribution >= 4 is 27.7 Å². The van der Waals surface area contributed by atoms with E-state index in [0.29, 0.717) is 18.1 Å². The molecule has 1 saturated heterocycles. The molecule has 1 heterocycles. The fraction of sp³-hybridized carbons (Fsp3) is 0.263. The highest BCUT2D eigenvalue weighted by molar-refractivity contribution is 7.92. The second-order valence-corrected chi connectivity index (χ2v) is 8.41. The summed E-state index contributed by atoms with van der Waals surface area (Å²) in [5.41, 5.74) is 1.82. The standard InChI is InChI=1S/C19H21ClN2O2S/c1-21-12-13-22(19(15-21)17-5-3-2-4-6-17)25(23,24)14-11-16-7-9-18(20)10-8-16/h2-11,14,19H,12-13,15H2,1H3/b14-11+. The van der Waals surface area contributed by atoms with Crippen molar-refractivity contribution in [1.82, 2.24) is 9.21 Å². The minimum absolute atomic E-state index is 0.181. The van der Waals surface area contributed by atoms with Crippen molar-refractivity contribution in [2.24, 2.45) is 0 Å². The van der Waals surface area contributed by atoms with Gasteiger partial charge >= 0.3 is 0 Å². The molecule has 0 radical (unpaired) electrons. The maximum absolute atomic E-state index is 12.9. The van der Waals surface area contributed by atoms with Crippen LogP contribution in [-0.2, 0) is 10.0 Å². The number of likely N-dealkylation sites (N-methyl/N-ethyl adjacent to an activating group) is 1. The van der Waals surface area contributed by atoms with E-state index in [1.165, 1.54) is 5.41 Å². The third-order valence-corrected chi connectivity index (χ3v) is 6.17. The molecule has 4 nitrogen and oxygen atoms in total. The summed E-state index contributed by atoms with van der Waals surface area (Å²) in [7, 11) is -1.50. The maximum atomic E-state index is 12.9. The van der Waals surface area contributed by atoms with Crippen LogP contribution in [0.1, 0.15) is 17.2 Å². The first kappa shape index (κ1) is 18.1. The monoisotopic (exact) mass is 376 g/mol. The van der Waals surface area contributed by atoms with Gasteiger partial charge in [0.05, 0.1) is 6.04 Å². The van der Waals surface area contributed by atoms with Gasteiger partial charge in [-0.2, -0.15) is 4.31 Å². The van der Waals surface area contributed by atoms with Crippen molar-refractivity contribution in [3.63, 3.8) is 0 Å². The lowest BCUT2D eigenvalue weighted by atomic mass is 10.1. The van der Waals surface area contributed by atoms with Crippen molar-refractivity contribution in [3.05, 3.63) is 76.2 Å². The van der Waals surface area contributed by atoms with Crippen LogP contribution in [0.4, 0.5) is 0 Å². The zero-order valence-electron chi connectivity index (χ0n) is 14.0. The van der Waals surface area contributed by atoms with Crippen molar-refractivity contribution in [2.45, 2.75) is 6.04 Å². The molecule has 0 amide bonds. The molecular weight excluding hydrogens is 356 g/mol. The van der Waals surface area contributed by atoms with E-state index >= 15 is 0 Å². The van der Waals surface area contributed by atoms with Gasteiger partial charge in [-0.15, -0.1) is 0 Å². The Bertz CT molecular complexity index is 835. The lowest BCUT2D eigenvalue weighted by Crippen LogP contribution is -2.48. The lowest BCUT2D eigenvalue weighted by Gasteiger charge is -2.38. The summed E-state index contributed by atoms with van der Waals surface area (Å²) in [5.74, 6) is 0. The third kappa shape index (κ3) is 4.50. The van der Waals surface area contributed by atoms with Gasteiger partial charge in [0.15, 0.2) is 0 Å². The minimum Gasteiger partial charge on any atom is -0.303 e. The number of halogens is 1. The Morgan fingerprint density at radius 3 is 2.40 bits per heavy atom. The van der Waals surface area contributed by atoms with E-state index in [2.05, 4.69) is 4.90 Å². The van der Waals surface area contributed by atoms with Gasteiger partial charge in [-0.05, 0) is 36.4 Å². The molecule has 0 N–H and O–H groups in total. The Morgan fingerprint density at radius 1 is 1.04 bits per heavy atom. The van der Waals surface area contributed by atoms with E-state index in [1.807, 2.05) is 37.4 Å². The van der Waals surface area contributed by atoms with Gasteiger partial charge in [-0.1, -0.05) is 54.1 Å². The van der Waals surface area contributed by atoms with Crippen LogP contribution in [-0.4, -0.2) is 44.3 Å². The lowest BCUT2D eigenvalue weighted by molar-refractivity contribution is 0.162. The summed E-state index contributed by atoms with van der Waals surface area (Å²) in [6.45, 7) is 1.87. The van der Waals surface area contributed by atoms with E-state index in [9.17, 15) is 8.42 Å². The zero-order chi connectivity index (χ0) is 17.9. The molecule has 0 saturated carbocycles. The molecule has 1 aliphatic rings. The molecule has 1 unspecified atom stereocenters. The van der Waals surface area contributed by atoms with Gasteiger partial charge in [0.25, 0.3) is 0 Å². The van der Waals surface area contributed by atoms with E-state index in [0.717, 1.165) is 17.7 Å². The molecular formula is C19H21ClN2O2S. The molecule has 0 aliphatic carbocycles. The van der Waals surface area contributed by atoms with Crippen LogP contribution in [0.5, 0.6) is 0 Å². The predicted molar refractivity (Wildman–Crippen MR) is 103 cm³/mol. The van der Waals surface area contributed by atoms with Crippen molar-refractivity contribution in [3.8, 4) is 0 Å². The van der Waals surface area contributed by atoms with Crippen LogP contribution in [0.25, 0.3) is 6.08 Å². The summed E-state index contributed by atoms with van der Waals surface area (Å²) in [6.07, 6.45) is 1.62. The molecule has 2 aromatic rings. The quantitative estimate of drug-likeness (QED) is 0.818. The average Bonchev–Trinajstić information content (AvgIpc) is 2.62. The van der Waals surface area contributed by atoms with Gasteiger partial charge in [0.2, 0.25) is 10.0 Å². The second-order valence-electron chi connectivity index (χ2n) is 6.20. The van der Waals surface area contributed by atoms with Gasteiger partial charge < -0.3 is 4.90 Å². The largest absolute Gasteiger partial charge is 0.303 e. The topological polar surface area (TPSA) is 40.6 Å². The fourth-order valence-corrected chi connectivity index (χ4v) is 4.46. The average molecular weight is 377 g/mol. The molecule has 3 rings (SSSR count). The number of rotatable bonds is 4. The first-order valence-corrected chi connectivity index (χ1v) is 10.0. The zero-order valence-corrected chi connectivity index (χ0v) is 15.6. The Balaban J connectivity index is 1.87. The molecule has 25 heavy (non-hydrogen) atoms. The number of hydrogen-bond donors (Lipinski definition) is 0. The summed E-state index contributed by atoms with van der Waals surface area (Å²) in [6, 6.07) is 16.7. The molecule has 0 bridgehead atoms.